The van der Waals surface area contributed by atoms with Crippen molar-refractivity contribution in [2.45, 2.75) is 24.9 Å². The highest BCUT2D eigenvalue weighted by Crippen LogP contribution is 2.27. The van der Waals surface area contributed by atoms with Gasteiger partial charge in [0.05, 0.1) is 35.7 Å². The van der Waals surface area contributed by atoms with Crippen LogP contribution in [0.2, 0.25) is 5.02 Å². The molecule has 0 aliphatic carbocycles. The molecule has 2 aromatic rings. The highest BCUT2D eigenvalue weighted by Gasteiger charge is 2.18. The Labute approximate surface area is 128 Å². The average molecular weight is 317 g/mol. The lowest BCUT2D eigenvalue weighted by molar-refractivity contribution is 0.0185. The van der Waals surface area contributed by atoms with E-state index in [2.05, 4.69) is 4.98 Å². The van der Waals surface area contributed by atoms with Gasteiger partial charge in [0.15, 0.2) is 0 Å². The minimum absolute atomic E-state index is 0.0643. The lowest BCUT2D eigenvalue weighted by Crippen LogP contribution is -2.24. The van der Waals surface area contributed by atoms with Crippen LogP contribution in [0, 0.1) is 0 Å². The first-order valence-electron chi connectivity index (χ1n) is 6.38. The number of alkyl halides is 1. The van der Waals surface area contributed by atoms with E-state index in [9.17, 15) is 0 Å². The van der Waals surface area contributed by atoms with Gasteiger partial charge in [0.1, 0.15) is 5.82 Å². The fourth-order valence-electron chi connectivity index (χ4n) is 2.19. The molecule has 0 saturated carbocycles. The third-order valence-corrected chi connectivity index (χ3v) is 3.60. The standard InChI is InChI=1S/C14H18Cl2N2O2/c1-9(15)14-17-12-5-4-10(16)6-13(12)18(14)7-11(20-3)8-19-2/h4-6,9,11H,7-8H2,1-3H3. The number of nitrogens with zero attached hydrogens (tertiary/aromatic N) is 2. The number of hydrogen-bond acceptors (Lipinski definition) is 3. The molecule has 1 aromatic carbocycles. The van der Waals surface area contributed by atoms with Crippen LogP contribution < -0.4 is 0 Å². The van der Waals surface area contributed by atoms with Crippen molar-refractivity contribution in [3.8, 4) is 0 Å². The van der Waals surface area contributed by atoms with Gasteiger partial charge in [0, 0.05) is 19.2 Å². The van der Waals surface area contributed by atoms with Crippen LogP contribution in [0.3, 0.4) is 0 Å². The zero-order valence-electron chi connectivity index (χ0n) is 11.8. The molecule has 2 atom stereocenters. The molecule has 0 bridgehead atoms. The molecule has 20 heavy (non-hydrogen) atoms. The summed E-state index contributed by atoms with van der Waals surface area (Å²) in [5.41, 5.74) is 1.84. The predicted molar refractivity (Wildman–Crippen MR) is 81.7 cm³/mol. The van der Waals surface area contributed by atoms with E-state index in [0.717, 1.165) is 16.9 Å². The van der Waals surface area contributed by atoms with Crippen molar-refractivity contribution in [2.75, 3.05) is 20.8 Å². The van der Waals surface area contributed by atoms with Gasteiger partial charge in [-0.15, -0.1) is 11.6 Å². The Bertz CT molecular complexity index is 584. The molecule has 0 aliphatic heterocycles. The molecule has 0 fully saturated rings. The van der Waals surface area contributed by atoms with Gasteiger partial charge >= 0.3 is 0 Å². The van der Waals surface area contributed by atoms with Gasteiger partial charge < -0.3 is 14.0 Å². The van der Waals surface area contributed by atoms with Gasteiger partial charge in [0.2, 0.25) is 0 Å². The number of benzene rings is 1. The van der Waals surface area contributed by atoms with Gasteiger partial charge in [-0.2, -0.15) is 0 Å². The first-order chi connectivity index (χ1) is 9.56. The molecule has 0 amide bonds. The molecule has 0 aliphatic rings. The van der Waals surface area contributed by atoms with Crippen molar-refractivity contribution < 1.29 is 9.47 Å². The predicted octanol–water partition coefficient (Wildman–Crippen LogP) is 3.65. The Morgan fingerprint density at radius 3 is 2.70 bits per heavy atom. The Hall–Kier alpha value is -0.810. The number of ether oxygens (including phenoxy) is 2. The van der Waals surface area contributed by atoms with Crippen LogP contribution in [0.1, 0.15) is 18.1 Å². The Balaban J connectivity index is 2.47. The maximum absolute atomic E-state index is 6.23. The van der Waals surface area contributed by atoms with Crippen molar-refractivity contribution in [3.05, 3.63) is 29.0 Å². The first-order valence-corrected chi connectivity index (χ1v) is 7.19. The molecule has 0 saturated heterocycles. The second-order valence-corrected chi connectivity index (χ2v) is 5.73. The maximum atomic E-state index is 6.23. The smallest absolute Gasteiger partial charge is 0.127 e. The number of halogens is 2. The van der Waals surface area contributed by atoms with Crippen molar-refractivity contribution in [3.63, 3.8) is 0 Å². The number of aromatic nitrogens is 2. The highest BCUT2D eigenvalue weighted by molar-refractivity contribution is 6.31. The molecule has 1 heterocycles. The Morgan fingerprint density at radius 1 is 1.35 bits per heavy atom. The van der Waals surface area contributed by atoms with Gasteiger partial charge in [0.25, 0.3) is 0 Å². The quantitative estimate of drug-likeness (QED) is 0.763. The van der Waals surface area contributed by atoms with Crippen molar-refractivity contribution >= 4 is 34.2 Å². The van der Waals surface area contributed by atoms with Gasteiger partial charge in [-0.25, -0.2) is 4.98 Å². The minimum Gasteiger partial charge on any atom is -0.382 e. The molecular weight excluding hydrogens is 299 g/mol. The van der Waals surface area contributed by atoms with Gasteiger partial charge in [-0.3, -0.25) is 0 Å². The number of imidazole rings is 1. The van der Waals surface area contributed by atoms with E-state index in [1.54, 1.807) is 14.2 Å². The molecule has 1 aromatic heterocycles. The zero-order chi connectivity index (χ0) is 14.7. The number of fused-ring (bicyclic) bond motifs is 1. The molecule has 0 radical (unpaired) electrons. The van der Waals surface area contributed by atoms with Crippen LogP contribution >= 0.6 is 23.2 Å². The molecule has 6 heteroatoms. The second kappa shape index (κ2) is 6.76. The second-order valence-electron chi connectivity index (χ2n) is 4.64. The monoisotopic (exact) mass is 316 g/mol. The third kappa shape index (κ3) is 3.26. The van der Waals surface area contributed by atoms with E-state index in [4.69, 9.17) is 32.7 Å². The Morgan fingerprint density at radius 2 is 2.10 bits per heavy atom. The minimum atomic E-state index is -0.193. The molecule has 2 rings (SSSR count). The van der Waals surface area contributed by atoms with Crippen LogP contribution in [0.25, 0.3) is 11.0 Å². The van der Waals surface area contributed by atoms with E-state index < -0.39 is 0 Å². The molecule has 4 nitrogen and oxygen atoms in total. The van der Waals surface area contributed by atoms with E-state index in [1.807, 2.05) is 29.7 Å². The Kier molecular flexibility index (Phi) is 5.27. The summed E-state index contributed by atoms with van der Waals surface area (Å²) in [4.78, 5) is 4.58. The first kappa shape index (κ1) is 15.6. The summed E-state index contributed by atoms with van der Waals surface area (Å²) in [5, 5.41) is 0.481. The van der Waals surface area contributed by atoms with Crippen LogP contribution in [0.4, 0.5) is 0 Å². The fraction of sp³-hybridized carbons (Fsp3) is 0.500. The summed E-state index contributed by atoms with van der Waals surface area (Å²) >= 11 is 12.3. The van der Waals surface area contributed by atoms with E-state index >= 15 is 0 Å². The molecule has 110 valence electrons. The topological polar surface area (TPSA) is 36.3 Å². The molecular formula is C14H18Cl2N2O2. The van der Waals surface area contributed by atoms with Crippen molar-refractivity contribution in [2.24, 2.45) is 0 Å². The van der Waals surface area contributed by atoms with Crippen LogP contribution in [0.15, 0.2) is 18.2 Å². The van der Waals surface area contributed by atoms with Gasteiger partial charge in [-0.1, -0.05) is 11.6 Å². The summed E-state index contributed by atoms with van der Waals surface area (Å²) in [6.45, 7) is 3.03. The van der Waals surface area contributed by atoms with Crippen molar-refractivity contribution in [1.29, 1.82) is 0 Å². The highest BCUT2D eigenvalue weighted by atomic mass is 35.5. The summed E-state index contributed by atoms with van der Waals surface area (Å²) in [7, 11) is 3.32. The number of rotatable bonds is 6. The fourth-order valence-corrected chi connectivity index (χ4v) is 2.53. The molecule has 0 spiro atoms. The zero-order valence-corrected chi connectivity index (χ0v) is 13.3. The SMILES string of the molecule is COCC(Cn1c(C(C)Cl)nc2ccc(Cl)cc21)OC. The van der Waals surface area contributed by atoms with Crippen LogP contribution in [-0.4, -0.2) is 36.5 Å². The normalized spacial score (nSPS) is 14.7. The number of hydrogen-bond donors (Lipinski definition) is 0. The number of methoxy groups -OCH3 is 2. The maximum Gasteiger partial charge on any atom is 0.127 e. The van der Waals surface area contributed by atoms with E-state index in [1.165, 1.54) is 0 Å². The summed E-state index contributed by atoms with van der Waals surface area (Å²) in [6.07, 6.45) is -0.0643. The molecule has 2 unspecified atom stereocenters. The lowest BCUT2D eigenvalue weighted by atomic mass is 10.3. The van der Waals surface area contributed by atoms with Crippen LogP contribution in [0.5, 0.6) is 0 Å². The summed E-state index contributed by atoms with van der Waals surface area (Å²) in [5.74, 6) is 0.807. The van der Waals surface area contributed by atoms with E-state index in [-0.39, 0.29) is 11.5 Å². The lowest BCUT2D eigenvalue weighted by Gasteiger charge is -2.18. The third-order valence-electron chi connectivity index (χ3n) is 3.17. The largest absolute Gasteiger partial charge is 0.382 e. The van der Waals surface area contributed by atoms with E-state index in [0.29, 0.717) is 18.2 Å². The average Bonchev–Trinajstić information content (AvgIpc) is 2.76. The van der Waals surface area contributed by atoms with Gasteiger partial charge in [-0.05, 0) is 25.1 Å². The summed E-state index contributed by atoms with van der Waals surface area (Å²) in [6, 6.07) is 5.62. The van der Waals surface area contributed by atoms with Crippen LogP contribution in [-0.2, 0) is 16.0 Å². The summed E-state index contributed by atoms with van der Waals surface area (Å²) < 4.78 is 12.6. The van der Waals surface area contributed by atoms with Crippen molar-refractivity contribution in [1.82, 2.24) is 9.55 Å². The molecule has 0 N–H and O–H groups in total.